The van der Waals surface area contributed by atoms with Gasteiger partial charge in [-0.1, -0.05) is 0 Å². The minimum atomic E-state index is 0.0856. The van der Waals surface area contributed by atoms with Crippen LogP contribution in [-0.2, 0) is 0 Å². The summed E-state index contributed by atoms with van der Waals surface area (Å²) in [7, 11) is 3.76. The van der Waals surface area contributed by atoms with Gasteiger partial charge in [-0.05, 0) is 14.0 Å². The molecule has 0 fully saturated rings. The molecule has 1 unspecified atom stereocenters. The minimum absolute atomic E-state index is 0.0856. The third-order valence-electron chi connectivity index (χ3n) is 1.75. The molecule has 0 amide bonds. The molecule has 0 aromatic heterocycles. The summed E-state index contributed by atoms with van der Waals surface area (Å²) in [5, 5.41) is 6.26. The fourth-order valence-corrected chi connectivity index (χ4v) is 1.08. The maximum absolute atomic E-state index is 5.63. The van der Waals surface area contributed by atoms with Gasteiger partial charge in [0.2, 0.25) is 0 Å². The highest BCUT2D eigenvalue weighted by Crippen LogP contribution is 1.99. The largest absolute Gasteiger partial charge is 0.370 e. The Labute approximate surface area is 66.7 Å². The maximum atomic E-state index is 5.63. The summed E-state index contributed by atoms with van der Waals surface area (Å²) in [6.45, 7) is 1.96. The molecule has 2 atom stereocenters. The predicted octanol–water partition coefficient (Wildman–Crippen LogP) is -1.31. The van der Waals surface area contributed by atoms with Crippen LogP contribution in [0.2, 0.25) is 0 Å². The molecular weight excluding hydrogens is 142 g/mol. The predicted molar refractivity (Wildman–Crippen MR) is 44.8 cm³/mol. The van der Waals surface area contributed by atoms with Gasteiger partial charge >= 0.3 is 0 Å². The summed E-state index contributed by atoms with van der Waals surface area (Å²) in [6.07, 6.45) is 0.172. The first-order valence-corrected chi connectivity index (χ1v) is 3.64. The van der Waals surface area contributed by atoms with Gasteiger partial charge in [0.1, 0.15) is 12.5 Å². The molecule has 0 aromatic rings. The van der Waals surface area contributed by atoms with Gasteiger partial charge in [0, 0.05) is 7.05 Å². The summed E-state index contributed by atoms with van der Waals surface area (Å²) in [6, 6.07) is 0. The quantitative estimate of drug-likeness (QED) is 0.442. The number of hydrogen-bond donors (Lipinski definition) is 3. The van der Waals surface area contributed by atoms with Crippen molar-refractivity contribution in [2.45, 2.75) is 19.4 Å². The topological polar surface area (TPSA) is 65.7 Å². The molecule has 0 aliphatic carbocycles. The van der Waals surface area contributed by atoms with Gasteiger partial charge < -0.3 is 10.6 Å². The van der Waals surface area contributed by atoms with E-state index in [1.54, 1.807) is 0 Å². The summed E-state index contributed by atoms with van der Waals surface area (Å²) in [5.74, 6) is 0.565. The second-order valence-corrected chi connectivity index (χ2v) is 2.63. The van der Waals surface area contributed by atoms with Crippen LogP contribution in [0.3, 0.4) is 0 Å². The Morgan fingerprint density at radius 3 is 2.91 bits per heavy atom. The lowest BCUT2D eigenvalue weighted by Crippen LogP contribution is -2.61. The number of guanidine groups is 1. The van der Waals surface area contributed by atoms with E-state index in [0.717, 1.165) is 0 Å². The van der Waals surface area contributed by atoms with Gasteiger partial charge in [-0.15, -0.1) is 0 Å². The fraction of sp³-hybridized carbons (Fsp3) is 0.833. The number of rotatable bonds is 1. The number of nitrogens with one attached hydrogen (secondary N) is 2. The number of nitrogens with zero attached hydrogens (tertiary/aromatic N) is 2. The second kappa shape index (κ2) is 3.06. The first-order valence-electron chi connectivity index (χ1n) is 3.64. The normalized spacial score (nSPS) is 31.9. The average Bonchev–Trinajstić information content (AvgIpc) is 1.96. The Hall–Kier alpha value is -0.810. The van der Waals surface area contributed by atoms with Gasteiger partial charge in [-0.2, -0.15) is 0 Å². The standard InChI is InChI=1S/C6H15N5/c1-4-9-5(7)11(3)6(8-2)10-4/h4,6,8,10H,1-3H3,(H2,7,9)/t4-,6?/m1/s1. The van der Waals surface area contributed by atoms with Crippen LogP contribution < -0.4 is 16.4 Å². The summed E-state index contributed by atoms with van der Waals surface area (Å²) in [4.78, 5) is 5.98. The summed E-state index contributed by atoms with van der Waals surface area (Å²) in [5.41, 5.74) is 5.63. The van der Waals surface area contributed by atoms with E-state index in [1.807, 2.05) is 25.9 Å². The zero-order valence-corrected chi connectivity index (χ0v) is 7.13. The van der Waals surface area contributed by atoms with E-state index in [0.29, 0.717) is 5.96 Å². The van der Waals surface area contributed by atoms with Crippen molar-refractivity contribution in [1.29, 1.82) is 0 Å². The highest BCUT2D eigenvalue weighted by atomic mass is 15.5. The Bertz CT molecular complexity index is 166. The van der Waals surface area contributed by atoms with Crippen molar-refractivity contribution in [1.82, 2.24) is 15.5 Å². The monoisotopic (exact) mass is 157 g/mol. The third-order valence-corrected chi connectivity index (χ3v) is 1.75. The molecular formula is C6H15N5. The van der Waals surface area contributed by atoms with Crippen molar-refractivity contribution in [2.75, 3.05) is 14.1 Å². The van der Waals surface area contributed by atoms with Crippen LogP contribution >= 0.6 is 0 Å². The van der Waals surface area contributed by atoms with Crippen molar-refractivity contribution in [3.8, 4) is 0 Å². The van der Waals surface area contributed by atoms with Crippen molar-refractivity contribution < 1.29 is 0 Å². The maximum Gasteiger partial charge on any atom is 0.194 e. The molecule has 1 aliphatic rings. The van der Waals surface area contributed by atoms with Crippen molar-refractivity contribution in [3.63, 3.8) is 0 Å². The van der Waals surface area contributed by atoms with Crippen LogP contribution in [0.5, 0.6) is 0 Å². The van der Waals surface area contributed by atoms with Crippen LogP contribution in [0.25, 0.3) is 0 Å². The van der Waals surface area contributed by atoms with Gasteiger partial charge in [0.25, 0.3) is 0 Å². The van der Waals surface area contributed by atoms with Crippen molar-refractivity contribution >= 4 is 5.96 Å². The van der Waals surface area contributed by atoms with E-state index in [9.17, 15) is 0 Å². The smallest absolute Gasteiger partial charge is 0.194 e. The lowest BCUT2D eigenvalue weighted by molar-refractivity contribution is 0.224. The van der Waals surface area contributed by atoms with E-state index in [4.69, 9.17) is 5.73 Å². The lowest BCUT2D eigenvalue weighted by Gasteiger charge is -2.35. The Kier molecular flexibility index (Phi) is 2.31. The fourth-order valence-electron chi connectivity index (χ4n) is 1.08. The van der Waals surface area contributed by atoms with Gasteiger partial charge in [-0.25, -0.2) is 4.99 Å². The van der Waals surface area contributed by atoms with E-state index in [2.05, 4.69) is 15.6 Å². The van der Waals surface area contributed by atoms with Gasteiger partial charge in [0.15, 0.2) is 5.96 Å². The van der Waals surface area contributed by atoms with Crippen molar-refractivity contribution in [2.24, 2.45) is 10.7 Å². The molecule has 0 saturated carbocycles. The van der Waals surface area contributed by atoms with Gasteiger partial charge in [-0.3, -0.25) is 10.6 Å². The molecule has 5 heteroatoms. The molecule has 0 saturated heterocycles. The molecule has 0 radical (unpaired) electrons. The number of hydrogen-bond acceptors (Lipinski definition) is 5. The van der Waals surface area contributed by atoms with E-state index >= 15 is 0 Å². The number of aliphatic imine (C=N–C) groups is 1. The summed E-state index contributed by atoms with van der Waals surface area (Å²) >= 11 is 0. The first kappa shape index (κ1) is 8.29. The molecule has 4 N–H and O–H groups in total. The molecule has 1 rings (SSSR count). The van der Waals surface area contributed by atoms with Crippen LogP contribution in [0.15, 0.2) is 4.99 Å². The molecule has 11 heavy (non-hydrogen) atoms. The minimum Gasteiger partial charge on any atom is -0.370 e. The average molecular weight is 157 g/mol. The van der Waals surface area contributed by atoms with Gasteiger partial charge in [0.05, 0.1) is 0 Å². The van der Waals surface area contributed by atoms with E-state index in [-0.39, 0.29) is 12.5 Å². The zero-order valence-electron chi connectivity index (χ0n) is 7.13. The second-order valence-electron chi connectivity index (χ2n) is 2.63. The van der Waals surface area contributed by atoms with E-state index < -0.39 is 0 Å². The Morgan fingerprint density at radius 2 is 2.36 bits per heavy atom. The highest BCUT2D eigenvalue weighted by Gasteiger charge is 2.21. The SMILES string of the molecule is CNC1N[C@H](C)N=C(N)N1C. The molecule has 5 nitrogen and oxygen atoms in total. The molecule has 0 spiro atoms. The Morgan fingerprint density at radius 1 is 1.73 bits per heavy atom. The molecule has 1 heterocycles. The van der Waals surface area contributed by atoms with E-state index in [1.165, 1.54) is 0 Å². The summed E-state index contributed by atoms with van der Waals surface area (Å²) < 4.78 is 0. The third kappa shape index (κ3) is 1.61. The highest BCUT2D eigenvalue weighted by molar-refractivity contribution is 5.78. The molecule has 0 bridgehead atoms. The molecule has 0 aromatic carbocycles. The molecule has 64 valence electrons. The van der Waals surface area contributed by atoms with Crippen molar-refractivity contribution in [3.05, 3.63) is 0 Å². The zero-order chi connectivity index (χ0) is 8.43. The lowest BCUT2D eigenvalue weighted by atomic mass is 10.5. The first-order chi connectivity index (χ1) is 5.15. The van der Waals surface area contributed by atoms with Crippen LogP contribution in [0, 0.1) is 0 Å². The molecule has 1 aliphatic heterocycles. The van der Waals surface area contributed by atoms with Crippen LogP contribution in [0.1, 0.15) is 6.92 Å². The van der Waals surface area contributed by atoms with Crippen LogP contribution in [0.4, 0.5) is 0 Å². The Balaban J connectivity index is 2.69. The number of nitrogens with two attached hydrogens (primary N) is 1. The van der Waals surface area contributed by atoms with Crippen LogP contribution in [-0.4, -0.2) is 37.4 Å².